The smallest absolute Gasteiger partial charge is 0.475 e. The van der Waals surface area contributed by atoms with Gasteiger partial charge >= 0.3 is 12.1 Å². The number of hydrogen-bond acceptors (Lipinski definition) is 6. The molecule has 1 aromatic heterocycles. The molecule has 0 aliphatic carbocycles. The van der Waals surface area contributed by atoms with Crippen LogP contribution in [0.25, 0.3) is 0 Å². The normalized spacial score (nSPS) is 16.5. The summed E-state index contributed by atoms with van der Waals surface area (Å²) in [6.07, 6.45) is -3.31. The fourth-order valence-corrected chi connectivity index (χ4v) is 3.72. The standard InChI is InChI=1S/C18H26N4O3S.C2HF3O2/c1-2-26(23,24)20-12-18-14-21(13-17-8-9-19-22(17)18)10-11-25-15-16-6-4-3-5-7-16;3-2(4,5)1(6)7/h3-9,18,20H,2,10-15H2,1H3;(H,6,7). The second-order valence-corrected chi connectivity index (χ2v) is 9.34. The van der Waals surface area contributed by atoms with Gasteiger partial charge in [-0.05, 0) is 18.6 Å². The first-order valence-corrected chi connectivity index (χ1v) is 11.8. The molecular formula is C20H27F3N4O5S. The van der Waals surface area contributed by atoms with Crippen molar-refractivity contribution in [3.63, 3.8) is 0 Å². The Morgan fingerprint density at radius 1 is 1.27 bits per heavy atom. The van der Waals surface area contributed by atoms with Crippen molar-refractivity contribution in [3.05, 3.63) is 53.9 Å². The van der Waals surface area contributed by atoms with Gasteiger partial charge in [-0.3, -0.25) is 9.58 Å². The Labute approximate surface area is 190 Å². The largest absolute Gasteiger partial charge is 0.490 e. The summed E-state index contributed by atoms with van der Waals surface area (Å²) in [5.41, 5.74) is 2.26. The first-order valence-electron chi connectivity index (χ1n) is 10.2. The number of hydrogen-bond donors (Lipinski definition) is 2. The molecule has 0 bridgehead atoms. The highest BCUT2D eigenvalue weighted by atomic mass is 32.2. The maximum atomic E-state index is 11.7. The summed E-state index contributed by atoms with van der Waals surface area (Å²) < 4.78 is 65.6. The third kappa shape index (κ3) is 9.12. The summed E-state index contributed by atoms with van der Waals surface area (Å²) in [5.74, 6) is -2.67. The van der Waals surface area contributed by atoms with Crippen LogP contribution in [0.5, 0.6) is 0 Å². The minimum atomic E-state index is -5.08. The van der Waals surface area contributed by atoms with Crippen LogP contribution in [0.15, 0.2) is 42.6 Å². The zero-order valence-electron chi connectivity index (χ0n) is 18.0. The first-order chi connectivity index (χ1) is 15.5. The lowest BCUT2D eigenvalue weighted by Gasteiger charge is -2.33. The molecule has 33 heavy (non-hydrogen) atoms. The van der Waals surface area contributed by atoms with E-state index < -0.39 is 22.2 Å². The minimum absolute atomic E-state index is 0.0100. The van der Waals surface area contributed by atoms with Gasteiger partial charge in [0.25, 0.3) is 0 Å². The first kappa shape index (κ1) is 26.8. The van der Waals surface area contributed by atoms with Gasteiger partial charge in [-0.1, -0.05) is 30.3 Å². The summed E-state index contributed by atoms with van der Waals surface area (Å²) >= 11 is 0. The second kappa shape index (κ2) is 12.1. The number of rotatable bonds is 9. The quantitative estimate of drug-likeness (QED) is 0.515. The van der Waals surface area contributed by atoms with E-state index in [1.807, 2.05) is 28.9 Å². The van der Waals surface area contributed by atoms with Gasteiger partial charge in [-0.15, -0.1) is 0 Å². The molecule has 0 fully saturated rings. The molecule has 0 amide bonds. The molecule has 2 heterocycles. The molecule has 0 spiro atoms. The molecule has 0 radical (unpaired) electrons. The molecule has 2 aromatic rings. The zero-order chi connectivity index (χ0) is 24.5. The van der Waals surface area contributed by atoms with Crippen molar-refractivity contribution in [2.75, 3.05) is 32.0 Å². The van der Waals surface area contributed by atoms with Crippen molar-refractivity contribution in [2.24, 2.45) is 0 Å². The van der Waals surface area contributed by atoms with Crippen LogP contribution in [0.4, 0.5) is 13.2 Å². The molecule has 184 valence electrons. The van der Waals surface area contributed by atoms with Gasteiger partial charge in [-0.2, -0.15) is 18.3 Å². The number of sulfonamides is 1. The highest BCUT2D eigenvalue weighted by Gasteiger charge is 2.38. The summed E-state index contributed by atoms with van der Waals surface area (Å²) in [5, 5.41) is 11.5. The third-order valence-electron chi connectivity index (χ3n) is 4.78. The third-order valence-corrected chi connectivity index (χ3v) is 6.14. The van der Waals surface area contributed by atoms with E-state index in [1.54, 1.807) is 13.1 Å². The van der Waals surface area contributed by atoms with Crippen LogP contribution in [0.3, 0.4) is 0 Å². The van der Waals surface area contributed by atoms with Crippen LogP contribution in [-0.4, -0.2) is 72.3 Å². The Balaban J connectivity index is 0.000000479. The van der Waals surface area contributed by atoms with E-state index in [4.69, 9.17) is 14.6 Å². The van der Waals surface area contributed by atoms with Gasteiger partial charge in [0.15, 0.2) is 0 Å². The van der Waals surface area contributed by atoms with Crippen LogP contribution in [0, 0.1) is 0 Å². The zero-order valence-corrected chi connectivity index (χ0v) is 18.8. The predicted octanol–water partition coefficient (Wildman–Crippen LogP) is 2.03. The van der Waals surface area contributed by atoms with E-state index >= 15 is 0 Å². The van der Waals surface area contributed by atoms with Crippen LogP contribution < -0.4 is 4.72 Å². The van der Waals surface area contributed by atoms with E-state index in [0.717, 1.165) is 30.9 Å². The summed E-state index contributed by atoms with van der Waals surface area (Å²) in [7, 11) is -3.21. The number of fused-ring (bicyclic) bond motifs is 1. The van der Waals surface area contributed by atoms with Crippen molar-refractivity contribution in [3.8, 4) is 0 Å². The maximum absolute atomic E-state index is 11.7. The fraction of sp³-hybridized carbons (Fsp3) is 0.500. The van der Waals surface area contributed by atoms with E-state index in [2.05, 4.69) is 26.9 Å². The molecule has 1 unspecified atom stereocenters. The van der Waals surface area contributed by atoms with Crippen molar-refractivity contribution in [1.82, 2.24) is 19.4 Å². The summed E-state index contributed by atoms with van der Waals surface area (Å²) in [6, 6.07) is 12.1. The average Bonchev–Trinajstić information content (AvgIpc) is 3.24. The number of nitrogens with one attached hydrogen (secondary N) is 1. The molecule has 2 N–H and O–H groups in total. The number of carbonyl (C=O) groups is 1. The van der Waals surface area contributed by atoms with Gasteiger partial charge in [-0.25, -0.2) is 17.9 Å². The number of alkyl halides is 3. The second-order valence-electron chi connectivity index (χ2n) is 7.25. The van der Waals surface area contributed by atoms with E-state index in [-0.39, 0.29) is 11.8 Å². The van der Waals surface area contributed by atoms with Crippen molar-refractivity contribution in [2.45, 2.75) is 32.3 Å². The maximum Gasteiger partial charge on any atom is 0.490 e. The Morgan fingerprint density at radius 3 is 2.55 bits per heavy atom. The van der Waals surface area contributed by atoms with Crippen LogP contribution in [-0.2, 0) is 32.7 Å². The number of aliphatic carboxylic acids is 1. The van der Waals surface area contributed by atoms with E-state index in [9.17, 15) is 21.6 Å². The summed E-state index contributed by atoms with van der Waals surface area (Å²) in [4.78, 5) is 11.2. The Kier molecular flexibility index (Phi) is 9.83. The lowest BCUT2D eigenvalue weighted by molar-refractivity contribution is -0.192. The molecule has 1 aromatic carbocycles. The lowest BCUT2D eigenvalue weighted by Crippen LogP contribution is -2.44. The Bertz CT molecular complexity index is 983. The lowest BCUT2D eigenvalue weighted by atomic mass is 10.2. The molecule has 13 heteroatoms. The molecule has 3 rings (SSSR count). The molecule has 1 atom stereocenters. The van der Waals surface area contributed by atoms with E-state index in [0.29, 0.717) is 19.8 Å². The molecule has 9 nitrogen and oxygen atoms in total. The van der Waals surface area contributed by atoms with Crippen molar-refractivity contribution < 1.29 is 36.2 Å². The SMILES string of the molecule is CCS(=O)(=O)NCC1CN(CCOCc2ccccc2)Cc2ccnn21.O=C(O)C(F)(F)F. The number of aromatic nitrogens is 2. The number of ether oxygens (including phenoxy) is 1. The molecule has 0 saturated heterocycles. The van der Waals surface area contributed by atoms with Gasteiger partial charge in [0, 0.05) is 32.4 Å². The van der Waals surface area contributed by atoms with Crippen LogP contribution >= 0.6 is 0 Å². The highest BCUT2D eigenvalue weighted by Crippen LogP contribution is 2.19. The Hall–Kier alpha value is -2.48. The van der Waals surface area contributed by atoms with Gasteiger partial charge < -0.3 is 9.84 Å². The van der Waals surface area contributed by atoms with Crippen molar-refractivity contribution >= 4 is 16.0 Å². The summed E-state index contributed by atoms with van der Waals surface area (Å²) in [6.45, 7) is 5.57. The number of carboxylic acids is 1. The number of carboxylic acid groups (broad SMARTS) is 1. The number of nitrogens with zero attached hydrogens (tertiary/aromatic N) is 3. The average molecular weight is 493 g/mol. The van der Waals surface area contributed by atoms with Crippen LogP contribution in [0.1, 0.15) is 24.2 Å². The van der Waals surface area contributed by atoms with Crippen LogP contribution in [0.2, 0.25) is 0 Å². The monoisotopic (exact) mass is 492 g/mol. The highest BCUT2D eigenvalue weighted by molar-refractivity contribution is 7.89. The molecular weight excluding hydrogens is 465 g/mol. The number of halogens is 3. The molecule has 1 aliphatic rings. The number of benzene rings is 1. The topological polar surface area (TPSA) is 114 Å². The predicted molar refractivity (Wildman–Crippen MR) is 114 cm³/mol. The molecule has 0 saturated carbocycles. The minimum Gasteiger partial charge on any atom is -0.475 e. The van der Waals surface area contributed by atoms with E-state index in [1.165, 1.54) is 0 Å². The molecule has 1 aliphatic heterocycles. The Morgan fingerprint density at radius 2 is 1.94 bits per heavy atom. The van der Waals surface area contributed by atoms with Gasteiger partial charge in [0.1, 0.15) is 0 Å². The van der Waals surface area contributed by atoms with Crippen molar-refractivity contribution in [1.29, 1.82) is 0 Å². The van der Waals surface area contributed by atoms with Gasteiger partial charge in [0.2, 0.25) is 10.0 Å². The van der Waals surface area contributed by atoms with Gasteiger partial charge in [0.05, 0.1) is 30.7 Å². The fourth-order valence-electron chi connectivity index (χ4n) is 3.07.